The van der Waals surface area contributed by atoms with E-state index < -0.39 is 11.7 Å². The Morgan fingerprint density at radius 1 is 1.03 bits per heavy atom. The van der Waals surface area contributed by atoms with Crippen LogP contribution in [0.2, 0.25) is 0 Å². The highest BCUT2D eigenvalue weighted by Crippen LogP contribution is 2.70. The molecule has 5 heteroatoms. The van der Waals surface area contributed by atoms with Gasteiger partial charge < -0.3 is 19.7 Å². The number of fused-ring (bicyclic) bond motifs is 5. The molecule has 4 fully saturated rings. The summed E-state index contributed by atoms with van der Waals surface area (Å²) in [4.78, 5) is 11.4. The number of aliphatic hydroxyl groups is 3. The van der Waals surface area contributed by atoms with E-state index in [1.165, 1.54) is 6.07 Å². The van der Waals surface area contributed by atoms with Crippen LogP contribution in [-0.2, 0) is 0 Å². The normalized spacial score (nSPS) is 51.8. The van der Waals surface area contributed by atoms with Crippen molar-refractivity contribution in [3.63, 3.8) is 0 Å². The quantitative estimate of drug-likeness (QED) is 0.671. The Hall–Kier alpha value is -1.17. The number of hydrogen-bond acceptors (Lipinski definition) is 5. The second kappa shape index (κ2) is 6.41. The van der Waals surface area contributed by atoms with Gasteiger partial charge in [0.1, 0.15) is 0 Å². The molecule has 0 saturated heterocycles. The lowest BCUT2D eigenvalue weighted by molar-refractivity contribution is -0.238. The molecule has 0 spiro atoms. The molecule has 160 valence electrons. The summed E-state index contributed by atoms with van der Waals surface area (Å²) in [6.07, 6.45) is 7.47. The standard InChI is InChI=1S/C24H34O5/c1-22-8-5-16(25)11-15(22)12-19(26)21-18(22)6-9-23(2)17(7-10-24(21,23)28)14-3-4-20(27)29-13-14/h3-4,13,15-19,21,25-26,28H,5-12H2,1-2H3/t15-,16-,17+,18-,19-,21-,22-,23+,24-/m0/s1. The third-order valence-electron chi connectivity index (χ3n) is 9.95. The molecule has 4 aliphatic rings. The fourth-order valence-electron chi connectivity index (χ4n) is 8.29. The molecular weight excluding hydrogens is 368 g/mol. The Kier molecular flexibility index (Phi) is 4.37. The molecular formula is C24H34O5. The molecule has 1 aromatic rings. The van der Waals surface area contributed by atoms with Crippen LogP contribution in [0.4, 0.5) is 0 Å². The monoisotopic (exact) mass is 402 g/mol. The minimum Gasteiger partial charge on any atom is -0.431 e. The molecule has 1 aromatic heterocycles. The van der Waals surface area contributed by atoms with E-state index >= 15 is 0 Å². The van der Waals surface area contributed by atoms with Gasteiger partial charge in [-0.2, -0.15) is 0 Å². The summed E-state index contributed by atoms with van der Waals surface area (Å²) in [6.45, 7) is 4.52. The van der Waals surface area contributed by atoms with Crippen LogP contribution in [0.1, 0.15) is 76.7 Å². The zero-order valence-corrected chi connectivity index (χ0v) is 17.5. The van der Waals surface area contributed by atoms with E-state index in [0.29, 0.717) is 18.8 Å². The maximum absolute atomic E-state index is 12.2. The molecule has 4 saturated carbocycles. The lowest BCUT2D eigenvalue weighted by Gasteiger charge is -2.64. The molecule has 1 heterocycles. The average molecular weight is 403 g/mol. The van der Waals surface area contributed by atoms with Gasteiger partial charge in [0.2, 0.25) is 0 Å². The van der Waals surface area contributed by atoms with Crippen LogP contribution < -0.4 is 5.63 Å². The van der Waals surface area contributed by atoms with Crippen molar-refractivity contribution in [1.82, 2.24) is 0 Å². The molecule has 0 aliphatic heterocycles. The molecule has 0 bridgehead atoms. The minimum absolute atomic E-state index is 0.0812. The predicted octanol–water partition coefficient (Wildman–Crippen LogP) is 3.21. The first-order chi connectivity index (χ1) is 13.7. The van der Waals surface area contributed by atoms with Crippen molar-refractivity contribution in [1.29, 1.82) is 0 Å². The Labute approximate surface area is 172 Å². The molecule has 9 atom stereocenters. The molecule has 0 amide bonds. The lowest BCUT2D eigenvalue weighted by atomic mass is 9.42. The van der Waals surface area contributed by atoms with Crippen molar-refractivity contribution < 1.29 is 19.7 Å². The molecule has 0 aromatic carbocycles. The minimum atomic E-state index is -0.916. The Morgan fingerprint density at radius 2 is 1.83 bits per heavy atom. The van der Waals surface area contributed by atoms with Crippen molar-refractivity contribution >= 4 is 0 Å². The SMILES string of the molecule is C[C@]12CC[C@H](O)C[C@H]1C[C@H](O)[C@@H]1[C@@H]2CC[C@]2(C)[C@@H](c3ccc(=O)oc3)CC[C@]12O. The Balaban J connectivity index is 1.52. The van der Waals surface area contributed by atoms with E-state index in [1.54, 1.807) is 6.26 Å². The third-order valence-corrected chi connectivity index (χ3v) is 9.95. The summed E-state index contributed by atoms with van der Waals surface area (Å²) >= 11 is 0. The Bertz CT molecular complexity index is 829. The molecule has 5 nitrogen and oxygen atoms in total. The molecule has 29 heavy (non-hydrogen) atoms. The van der Waals surface area contributed by atoms with Crippen LogP contribution in [0, 0.1) is 28.6 Å². The van der Waals surface area contributed by atoms with Crippen molar-refractivity contribution in [3.05, 3.63) is 34.4 Å². The highest BCUT2D eigenvalue weighted by atomic mass is 16.4. The maximum Gasteiger partial charge on any atom is 0.335 e. The zero-order valence-electron chi connectivity index (χ0n) is 17.5. The van der Waals surface area contributed by atoms with Crippen LogP contribution in [-0.4, -0.2) is 33.1 Å². The van der Waals surface area contributed by atoms with Gasteiger partial charge in [-0.25, -0.2) is 4.79 Å². The summed E-state index contributed by atoms with van der Waals surface area (Å²) in [6, 6.07) is 3.31. The highest BCUT2D eigenvalue weighted by Gasteiger charge is 2.69. The first-order valence-electron chi connectivity index (χ1n) is 11.4. The molecule has 5 rings (SSSR count). The van der Waals surface area contributed by atoms with Gasteiger partial charge in [-0.15, -0.1) is 0 Å². The van der Waals surface area contributed by atoms with Crippen molar-refractivity contribution in [2.45, 2.75) is 88.9 Å². The summed E-state index contributed by atoms with van der Waals surface area (Å²) in [7, 11) is 0. The van der Waals surface area contributed by atoms with Gasteiger partial charge in [-0.05, 0) is 86.2 Å². The fourth-order valence-corrected chi connectivity index (χ4v) is 8.29. The topological polar surface area (TPSA) is 90.9 Å². The van der Waals surface area contributed by atoms with E-state index in [2.05, 4.69) is 13.8 Å². The molecule has 0 radical (unpaired) electrons. The fraction of sp³-hybridized carbons (Fsp3) is 0.792. The predicted molar refractivity (Wildman–Crippen MR) is 108 cm³/mol. The van der Waals surface area contributed by atoms with Crippen molar-refractivity contribution in [2.75, 3.05) is 0 Å². The zero-order chi connectivity index (χ0) is 20.6. The van der Waals surface area contributed by atoms with Gasteiger partial charge in [0.15, 0.2) is 0 Å². The van der Waals surface area contributed by atoms with Crippen molar-refractivity contribution in [3.8, 4) is 0 Å². The van der Waals surface area contributed by atoms with Gasteiger partial charge >= 0.3 is 5.63 Å². The van der Waals surface area contributed by atoms with Crippen LogP contribution in [0.15, 0.2) is 27.6 Å². The largest absolute Gasteiger partial charge is 0.431 e. The van der Waals surface area contributed by atoms with E-state index in [9.17, 15) is 20.1 Å². The second-order valence-corrected chi connectivity index (χ2v) is 10.9. The van der Waals surface area contributed by atoms with E-state index in [-0.39, 0.29) is 40.3 Å². The maximum atomic E-state index is 12.2. The summed E-state index contributed by atoms with van der Waals surface area (Å²) in [5.74, 6) is 0.618. The van der Waals surface area contributed by atoms with Gasteiger partial charge in [-0.1, -0.05) is 13.8 Å². The number of hydrogen-bond donors (Lipinski definition) is 3. The van der Waals surface area contributed by atoms with Crippen LogP contribution in [0.3, 0.4) is 0 Å². The van der Waals surface area contributed by atoms with Gasteiger partial charge in [0.25, 0.3) is 0 Å². The first-order valence-corrected chi connectivity index (χ1v) is 11.4. The van der Waals surface area contributed by atoms with Gasteiger partial charge in [-0.3, -0.25) is 0 Å². The highest BCUT2D eigenvalue weighted by molar-refractivity contribution is 5.27. The number of aliphatic hydroxyl groups excluding tert-OH is 2. The van der Waals surface area contributed by atoms with Crippen LogP contribution >= 0.6 is 0 Å². The smallest absolute Gasteiger partial charge is 0.335 e. The lowest BCUT2D eigenvalue weighted by Crippen LogP contribution is -2.66. The summed E-state index contributed by atoms with van der Waals surface area (Å²) in [5, 5.41) is 33.6. The summed E-state index contributed by atoms with van der Waals surface area (Å²) in [5.41, 5.74) is -0.543. The molecule has 4 aliphatic carbocycles. The third kappa shape index (κ3) is 2.60. The summed E-state index contributed by atoms with van der Waals surface area (Å²) < 4.78 is 5.14. The average Bonchev–Trinajstić information content (AvgIpc) is 2.95. The van der Waals surface area contributed by atoms with E-state index in [0.717, 1.165) is 44.1 Å². The Morgan fingerprint density at radius 3 is 2.55 bits per heavy atom. The molecule has 3 N–H and O–H groups in total. The number of rotatable bonds is 1. The van der Waals surface area contributed by atoms with E-state index in [4.69, 9.17) is 4.42 Å². The second-order valence-electron chi connectivity index (χ2n) is 10.9. The molecule has 0 unspecified atom stereocenters. The van der Waals surface area contributed by atoms with Crippen LogP contribution in [0.25, 0.3) is 0 Å². The van der Waals surface area contributed by atoms with Crippen LogP contribution in [0.5, 0.6) is 0 Å². The first kappa shape index (κ1) is 19.8. The van der Waals surface area contributed by atoms with Gasteiger partial charge in [0.05, 0.1) is 24.1 Å². The van der Waals surface area contributed by atoms with Gasteiger partial charge in [0, 0.05) is 17.4 Å². The van der Waals surface area contributed by atoms with E-state index in [1.807, 2.05) is 6.07 Å². The van der Waals surface area contributed by atoms with Crippen molar-refractivity contribution in [2.24, 2.45) is 28.6 Å².